The zero-order valence-electron chi connectivity index (χ0n) is 12.9. The Labute approximate surface area is 128 Å². The van der Waals surface area contributed by atoms with Crippen LogP contribution in [0.25, 0.3) is 10.8 Å². The van der Waals surface area contributed by atoms with Crippen molar-refractivity contribution in [2.45, 2.75) is 44.9 Å². The van der Waals surface area contributed by atoms with Gasteiger partial charge in [0.25, 0.3) is 5.56 Å². The molecule has 118 valence electrons. The Morgan fingerprint density at radius 2 is 2.00 bits per heavy atom. The summed E-state index contributed by atoms with van der Waals surface area (Å²) in [5.41, 5.74) is -0.291. The van der Waals surface area contributed by atoms with Crippen LogP contribution >= 0.6 is 0 Å². The Balaban J connectivity index is 2.13. The fourth-order valence-electron chi connectivity index (χ4n) is 3.21. The quantitative estimate of drug-likeness (QED) is 0.921. The van der Waals surface area contributed by atoms with Crippen LogP contribution in [-0.4, -0.2) is 34.2 Å². The molecule has 0 bridgehead atoms. The molecule has 1 N–H and O–H groups in total. The molecule has 1 saturated heterocycles. The lowest BCUT2D eigenvalue weighted by atomic mass is 10.00. The van der Waals surface area contributed by atoms with Crippen LogP contribution in [0.2, 0.25) is 0 Å². The molecule has 0 amide bonds. The third kappa shape index (κ3) is 2.43. The Morgan fingerprint density at radius 3 is 2.64 bits per heavy atom. The predicted molar refractivity (Wildman–Crippen MR) is 82.5 cm³/mol. The molecule has 1 aromatic heterocycles. The molecule has 0 spiro atoms. The summed E-state index contributed by atoms with van der Waals surface area (Å²) in [5.74, 6) is 0.158. The van der Waals surface area contributed by atoms with E-state index in [0.717, 1.165) is 12.8 Å². The predicted octanol–water partition coefficient (Wildman–Crippen LogP) is 2.24. The summed E-state index contributed by atoms with van der Waals surface area (Å²) in [6.45, 7) is 3.99. The van der Waals surface area contributed by atoms with E-state index in [1.807, 2.05) is 13.8 Å². The highest BCUT2D eigenvalue weighted by molar-refractivity contribution is 5.88. The number of hydrogen-bond donors (Lipinski definition) is 1. The SMILES string of the molecule is COc1ccc2cnn(C3CC(C)OC(C)C3)c(=O)c2c1O. The minimum absolute atomic E-state index is 0.0266. The minimum Gasteiger partial charge on any atom is -0.504 e. The van der Waals surface area contributed by atoms with E-state index in [1.165, 1.54) is 11.8 Å². The van der Waals surface area contributed by atoms with Crippen molar-refractivity contribution in [2.75, 3.05) is 7.11 Å². The first-order valence-electron chi connectivity index (χ1n) is 7.44. The monoisotopic (exact) mass is 304 g/mol. The van der Waals surface area contributed by atoms with Crippen LogP contribution < -0.4 is 10.3 Å². The zero-order chi connectivity index (χ0) is 15.9. The van der Waals surface area contributed by atoms with Crippen LogP contribution in [0.15, 0.2) is 23.1 Å². The van der Waals surface area contributed by atoms with Gasteiger partial charge in [0.05, 0.1) is 36.9 Å². The number of phenols is 1. The zero-order valence-corrected chi connectivity index (χ0v) is 12.9. The smallest absolute Gasteiger partial charge is 0.278 e. The van der Waals surface area contributed by atoms with Crippen molar-refractivity contribution in [3.05, 3.63) is 28.7 Å². The number of aromatic nitrogens is 2. The van der Waals surface area contributed by atoms with Crippen molar-refractivity contribution in [2.24, 2.45) is 0 Å². The van der Waals surface area contributed by atoms with Crippen molar-refractivity contribution in [1.29, 1.82) is 0 Å². The number of fused-ring (bicyclic) bond motifs is 1. The van der Waals surface area contributed by atoms with Gasteiger partial charge in [-0.05, 0) is 38.8 Å². The Morgan fingerprint density at radius 1 is 1.32 bits per heavy atom. The summed E-state index contributed by atoms with van der Waals surface area (Å²) < 4.78 is 12.3. The van der Waals surface area contributed by atoms with Crippen LogP contribution in [0.4, 0.5) is 0 Å². The molecule has 2 unspecified atom stereocenters. The molecule has 6 nitrogen and oxygen atoms in total. The maximum Gasteiger partial charge on any atom is 0.278 e. The summed E-state index contributed by atoms with van der Waals surface area (Å²) in [7, 11) is 1.46. The van der Waals surface area contributed by atoms with Gasteiger partial charge in [-0.2, -0.15) is 5.10 Å². The third-order valence-corrected chi connectivity index (χ3v) is 4.15. The third-order valence-electron chi connectivity index (χ3n) is 4.15. The van der Waals surface area contributed by atoms with E-state index in [9.17, 15) is 9.90 Å². The van der Waals surface area contributed by atoms with E-state index in [0.29, 0.717) is 5.39 Å². The molecule has 1 aliphatic rings. The highest BCUT2D eigenvalue weighted by Crippen LogP contribution is 2.33. The van der Waals surface area contributed by atoms with Gasteiger partial charge >= 0.3 is 0 Å². The molecule has 2 heterocycles. The number of nitrogens with zero attached hydrogens (tertiary/aromatic N) is 2. The van der Waals surface area contributed by atoms with Crippen LogP contribution in [0.1, 0.15) is 32.7 Å². The normalized spacial score (nSPS) is 25.3. The number of hydrogen-bond acceptors (Lipinski definition) is 5. The van der Waals surface area contributed by atoms with Gasteiger partial charge in [-0.25, -0.2) is 4.68 Å². The Kier molecular flexibility index (Phi) is 3.78. The molecule has 2 atom stereocenters. The van der Waals surface area contributed by atoms with Crippen molar-refractivity contribution >= 4 is 10.8 Å². The number of ether oxygens (including phenoxy) is 2. The molecule has 3 rings (SSSR count). The largest absolute Gasteiger partial charge is 0.504 e. The molecule has 1 aromatic carbocycles. The van der Waals surface area contributed by atoms with Gasteiger partial charge in [-0.15, -0.1) is 0 Å². The van der Waals surface area contributed by atoms with Crippen molar-refractivity contribution < 1.29 is 14.6 Å². The van der Waals surface area contributed by atoms with Gasteiger partial charge in [-0.1, -0.05) is 0 Å². The molecule has 2 aromatic rings. The second-order valence-electron chi connectivity index (χ2n) is 5.86. The average Bonchev–Trinajstić information content (AvgIpc) is 2.46. The molecule has 1 aliphatic heterocycles. The van der Waals surface area contributed by atoms with Gasteiger partial charge in [0, 0.05) is 5.39 Å². The average molecular weight is 304 g/mol. The lowest BCUT2D eigenvalue weighted by Crippen LogP contribution is -2.36. The van der Waals surface area contributed by atoms with Crippen LogP contribution in [0, 0.1) is 0 Å². The van der Waals surface area contributed by atoms with Crippen molar-refractivity contribution in [3.8, 4) is 11.5 Å². The molecule has 1 fully saturated rings. The molecule has 0 aliphatic carbocycles. The van der Waals surface area contributed by atoms with Crippen molar-refractivity contribution in [3.63, 3.8) is 0 Å². The summed E-state index contributed by atoms with van der Waals surface area (Å²) in [6, 6.07) is 3.32. The van der Waals surface area contributed by atoms with Gasteiger partial charge < -0.3 is 14.6 Å². The highest BCUT2D eigenvalue weighted by Gasteiger charge is 2.28. The van der Waals surface area contributed by atoms with Crippen LogP contribution in [0.3, 0.4) is 0 Å². The van der Waals surface area contributed by atoms with Gasteiger partial charge in [0.1, 0.15) is 0 Å². The second-order valence-corrected chi connectivity index (χ2v) is 5.86. The van der Waals surface area contributed by atoms with Gasteiger partial charge in [-0.3, -0.25) is 4.79 Å². The summed E-state index contributed by atoms with van der Waals surface area (Å²) in [5, 5.41) is 15.4. The molecular weight excluding hydrogens is 284 g/mol. The Bertz CT molecular complexity index is 746. The van der Waals surface area contributed by atoms with Crippen molar-refractivity contribution in [1.82, 2.24) is 9.78 Å². The first-order valence-corrected chi connectivity index (χ1v) is 7.44. The van der Waals surface area contributed by atoms with E-state index >= 15 is 0 Å². The first kappa shape index (κ1) is 14.8. The number of rotatable bonds is 2. The molecule has 6 heteroatoms. The summed E-state index contributed by atoms with van der Waals surface area (Å²) >= 11 is 0. The van der Waals surface area contributed by atoms with Crippen LogP contribution in [-0.2, 0) is 4.74 Å². The molecule has 0 saturated carbocycles. The fraction of sp³-hybridized carbons (Fsp3) is 0.500. The van der Waals surface area contributed by atoms with Gasteiger partial charge in [0.2, 0.25) is 0 Å². The number of benzene rings is 1. The summed E-state index contributed by atoms with van der Waals surface area (Å²) in [6.07, 6.45) is 3.23. The number of aromatic hydroxyl groups is 1. The fourth-order valence-corrected chi connectivity index (χ4v) is 3.21. The van der Waals surface area contributed by atoms with E-state index in [-0.39, 0.29) is 40.7 Å². The maximum atomic E-state index is 12.8. The minimum atomic E-state index is -0.291. The standard InChI is InChI=1S/C16H20N2O4/c1-9-6-12(7-10(2)22-9)18-16(20)14-11(8-17-18)4-5-13(21-3)15(14)19/h4-5,8-10,12,19H,6-7H2,1-3H3. The summed E-state index contributed by atoms with van der Waals surface area (Å²) in [4.78, 5) is 12.8. The number of methoxy groups -OCH3 is 1. The lowest BCUT2D eigenvalue weighted by Gasteiger charge is -2.32. The van der Waals surface area contributed by atoms with Gasteiger partial charge in [0.15, 0.2) is 11.5 Å². The number of phenolic OH excluding ortho intramolecular Hbond substituents is 1. The molecule has 22 heavy (non-hydrogen) atoms. The topological polar surface area (TPSA) is 73.6 Å². The van der Waals surface area contributed by atoms with Crippen LogP contribution in [0.5, 0.6) is 11.5 Å². The van der Waals surface area contributed by atoms with E-state index < -0.39 is 0 Å². The second kappa shape index (κ2) is 5.61. The van der Waals surface area contributed by atoms with E-state index in [1.54, 1.807) is 18.3 Å². The lowest BCUT2D eigenvalue weighted by molar-refractivity contribution is -0.0513. The maximum absolute atomic E-state index is 12.8. The van der Waals surface area contributed by atoms with E-state index in [4.69, 9.17) is 9.47 Å². The van der Waals surface area contributed by atoms with E-state index in [2.05, 4.69) is 5.10 Å². The Hall–Kier alpha value is -2.08. The highest BCUT2D eigenvalue weighted by atomic mass is 16.5. The first-order chi connectivity index (χ1) is 10.5. The molecular formula is C16H20N2O4. The molecule has 0 radical (unpaired) electrons.